The van der Waals surface area contributed by atoms with Crippen molar-refractivity contribution >= 4 is 6.08 Å². The molecule has 1 atom stereocenters. The minimum Gasteiger partial charge on any atom is -0.508 e. The van der Waals surface area contributed by atoms with E-state index in [1.165, 1.54) is 6.07 Å². The molecule has 0 aliphatic carbocycles. The van der Waals surface area contributed by atoms with Crippen LogP contribution < -0.4 is 0 Å². The lowest BCUT2D eigenvalue weighted by Gasteiger charge is -2.06. The number of aliphatic hydroxyl groups is 1. The van der Waals surface area contributed by atoms with Crippen LogP contribution in [0, 0.1) is 5.82 Å². The molecule has 1 aromatic heterocycles. The summed E-state index contributed by atoms with van der Waals surface area (Å²) in [5, 5.41) is 18.6. The van der Waals surface area contributed by atoms with Gasteiger partial charge >= 0.3 is 0 Å². The van der Waals surface area contributed by atoms with Gasteiger partial charge < -0.3 is 10.2 Å². The molecule has 28 heavy (non-hydrogen) atoms. The van der Waals surface area contributed by atoms with Gasteiger partial charge in [0.05, 0.1) is 11.8 Å². The molecule has 4 heteroatoms. The number of aromatic hydroxyl groups is 1. The SMILES string of the molecule is CC(O)CCC/C=C/c1ccc(-c2ccc(-c3ccc(O)cc3)cn2)c(F)c1. The van der Waals surface area contributed by atoms with Gasteiger partial charge in [0.2, 0.25) is 0 Å². The number of nitrogens with zero attached hydrogens (tertiary/aromatic N) is 1. The summed E-state index contributed by atoms with van der Waals surface area (Å²) >= 11 is 0. The van der Waals surface area contributed by atoms with E-state index in [1.807, 2.05) is 36.4 Å². The Morgan fingerprint density at radius 2 is 1.79 bits per heavy atom. The van der Waals surface area contributed by atoms with Crippen molar-refractivity contribution in [1.29, 1.82) is 0 Å². The Kier molecular flexibility index (Phi) is 6.56. The molecule has 3 aromatic rings. The van der Waals surface area contributed by atoms with Gasteiger partial charge in [-0.2, -0.15) is 0 Å². The van der Waals surface area contributed by atoms with Gasteiger partial charge in [-0.05, 0) is 67.6 Å². The second-order valence-corrected chi connectivity index (χ2v) is 6.90. The average molecular weight is 377 g/mol. The van der Waals surface area contributed by atoms with Crippen LogP contribution in [0.3, 0.4) is 0 Å². The van der Waals surface area contributed by atoms with Crippen LogP contribution in [0.5, 0.6) is 5.75 Å². The molecule has 0 radical (unpaired) electrons. The van der Waals surface area contributed by atoms with Crippen LogP contribution in [-0.4, -0.2) is 21.3 Å². The van der Waals surface area contributed by atoms with Gasteiger partial charge in [-0.3, -0.25) is 4.98 Å². The zero-order chi connectivity index (χ0) is 19.9. The van der Waals surface area contributed by atoms with Gasteiger partial charge in [-0.25, -0.2) is 4.39 Å². The second-order valence-electron chi connectivity index (χ2n) is 6.90. The smallest absolute Gasteiger partial charge is 0.133 e. The van der Waals surface area contributed by atoms with Gasteiger partial charge in [-0.15, -0.1) is 0 Å². The molecule has 0 amide bonds. The van der Waals surface area contributed by atoms with Crippen molar-refractivity contribution in [2.75, 3.05) is 0 Å². The van der Waals surface area contributed by atoms with Crippen molar-refractivity contribution in [1.82, 2.24) is 4.98 Å². The summed E-state index contributed by atoms with van der Waals surface area (Å²) in [6.45, 7) is 1.78. The van der Waals surface area contributed by atoms with Gasteiger partial charge in [0.25, 0.3) is 0 Å². The molecule has 3 rings (SSSR count). The zero-order valence-electron chi connectivity index (χ0n) is 15.8. The molecule has 0 aliphatic heterocycles. The first-order valence-corrected chi connectivity index (χ1v) is 9.43. The van der Waals surface area contributed by atoms with Crippen LogP contribution >= 0.6 is 0 Å². The Morgan fingerprint density at radius 3 is 2.43 bits per heavy atom. The minimum absolute atomic E-state index is 0.215. The lowest BCUT2D eigenvalue weighted by molar-refractivity contribution is 0.182. The lowest BCUT2D eigenvalue weighted by Crippen LogP contribution is -1.97. The van der Waals surface area contributed by atoms with Crippen molar-refractivity contribution in [3.8, 4) is 28.1 Å². The highest BCUT2D eigenvalue weighted by molar-refractivity contribution is 5.68. The summed E-state index contributed by atoms with van der Waals surface area (Å²) < 4.78 is 14.6. The number of aliphatic hydroxyl groups excluding tert-OH is 1. The third-order valence-electron chi connectivity index (χ3n) is 4.54. The number of aromatic nitrogens is 1. The number of rotatable bonds is 7. The highest BCUT2D eigenvalue weighted by Gasteiger charge is 2.08. The van der Waals surface area contributed by atoms with E-state index in [2.05, 4.69) is 4.98 Å². The van der Waals surface area contributed by atoms with Crippen LogP contribution in [0.4, 0.5) is 4.39 Å². The highest BCUT2D eigenvalue weighted by Crippen LogP contribution is 2.26. The molecule has 0 saturated carbocycles. The van der Waals surface area contributed by atoms with Crippen LogP contribution in [0.2, 0.25) is 0 Å². The fourth-order valence-electron chi connectivity index (χ4n) is 2.97. The van der Waals surface area contributed by atoms with E-state index >= 15 is 0 Å². The molecule has 2 aromatic carbocycles. The highest BCUT2D eigenvalue weighted by atomic mass is 19.1. The fourth-order valence-corrected chi connectivity index (χ4v) is 2.97. The molecule has 1 heterocycles. The third-order valence-corrected chi connectivity index (χ3v) is 4.54. The van der Waals surface area contributed by atoms with E-state index in [9.17, 15) is 14.6 Å². The molecule has 0 spiro atoms. The summed E-state index contributed by atoms with van der Waals surface area (Å²) in [7, 11) is 0. The molecule has 1 unspecified atom stereocenters. The number of phenolic OH excluding ortho intramolecular Hbond substituents is 1. The molecule has 0 aliphatic rings. The Morgan fingerprint density at radius 1 is 1.04 bits per heavy atom. The first-order chi connectivity index (χ1) is 13.5. The maximum atomic E-state index is 14.6. The predicted molar refractivity (Wildman–Crippen MR) is 111 cm³/mol. The number of allylic oxidation sites excluding steroid dienone is 1. The summed E-state index contributed by atoms with van der Waals surface area (Å²) in [5.74, 6) is -0.0940. The van der Waals surface area contributed by atoms with Crippen molar-refractivity contribution in [3.05, 3.63) is 78.3 Å². The van der Waals surface area contributed by atoms with E-state index in [0.29, 0.717) is 11.3 Å². The standard InChI is InChI=1S/C24H24FNO2/c1-17(27)5-3-2-4-6-18-7-13-22(23(25)15-18)24-14-10-20(16-26-24)19-8-11-21(28)12-9-19/h4,6-17,27-28H,2-3,5H2,1H3/b6-4+. The van der Waals surface area contributed by atoms with E-state index in [1.54, 1.807) is 37.4 Å². The third kappa shape index (κ3) is 5.27. The quantitative estimate of drug-likeness (QED) is 0.510. The molecule has 144 valence electrons. The largest absolute Gasteiger partial charge is 0.508 e. The van der Waals surface area contributed by atoms with E-state index in [-0.39, 0.29) is 17.7 Å². The van der Waals surface area contributed by atoms with Crippen LogP contribution in [0.15, 0.2) is 66.9 Å². The molecule has 3 nitrogen and oxygen atoms in total. The first kappa shape index (κ1) is 19.8. The number of hydrogen-bond acceptors (Lipinski definition) is 3. The van der Waals surface area contributed by atoms with Crippen LogP contribution in [0.25, 0.3) is 28.5 Å². The molecule has 0 saturated heterocycles. The van der Waals surface area contributed by atoms with Crippen LogP contribution in [0.1, 0.15) is 31.7 Å². The fraction of sp³-hybridized carbons (Fsp3) is 0.208. The lowest BCUT2D eigenvalue weighted by atomic mass is 10.0. The maximum Gasteiger partial charge on any atom is 0.133 e. The topological polar surface area (TPSA) is 53.4 Å². The molecule has 0 fully saturated rings. The van der Waals surface area contributed by atoms with Gasteiger partial charge in [0.1, 0.15) is 11.6 Å². The number of unbranched alkanes of at least 4 members (excludes halogenated alkanes) is 1. The summed E-state index contributed by atoms with van der Waals surface area (Å²) in [6.07, 6.45) is 7.86. The van der Waals surface area contributed by atoms with Gasteiger partial charge in [0.15, 0.2) is 0 Å². The Balaban J connectivity index is 1.70. The molecular formula is C24H24FNO2. The number of phenols is 1. The number of halogens is 1. The number of pyridine rings is 1. The zero-order valence-corrected chi connectivity index (χ0v) is 15.8. The van der Waals surface area contributed by atoms with Gasteiger partial charge in [0, 0.05) is 17.3 Å². The van der Waals surface area contributed by atoms with Crippen molar-refractivity contribution in [2.24, 2.45) is 0 Å². The Hall–Kier alpha value is -2.98. The van der Waals surface area contributed by atoms with E-state index in [4.69, 9.17) is 0 Å². The number of hydrogen-bond donors (Lipinski definition) is 2. The molecule has 0 bridgehead atoms. The predicted octanol–water partition coefficient (Wildman–Crippen LogP) is 5.82. The maximum absolute atomic E-state index is 14.6. The minimum atomic E-state index is -0.309. The normalized spacial score (nSPS) is 12.4. The molecular weight excluding hydrogens is 353 g/mol. The van der Waals surface area contributed by atoms with Crippen molar-refractivity contribution in [2.45, 2.75) is 32.3 Å². The van der Waals surface area contributed by atoms with Crippen molar-refractivity contribution < 1.29 is 14.6 Å². The first-order valence-electron chi connectivity index (χ1n) is 9.43. The summed E-state index contributed by atoms with van der Waals surface area (Å²) in [4.78, 5) is 4.40. The summed E-state index contributed by atoms with van der Waals surface area (Å²) in [6, 6.07) is 15.7. The van der Waals surface area contributed by atoms with E-state index in [0.717, 1.165) is 36.0 Å². The van der Waals surface area contributed by atoms with E-state index < -0.39 is 0 Å². The van der Waals surface area contributed by atoms with Gasteiger partial charge in [-0.1, -0.05) is 36.4 Å². The Bertz CT molecular complexity index is 932. The van der Waals surface area contributed by atoms with Crippen LogP contribution in [-0.2, 0) is 0 Å². The second kappa shape index (κ2) is 9.29. The molecule has 2 N–H and O–H groups in total. The van der Waals surface area contributed by atoms with Crippen molar-refractivity contribution in [3.63, 3.8) is 0 Å². The Labute approximate surface area is 164 Å². The monoisotopic (exact) mass is 377 g/mol. The number of benzene rings is 2. The average Bonchev–Trinajstić information content (AvgIpc) is 2.68. The summed E-state index contributed by atoms with van der Waals surface area (Å²) in [5.41, 5.74) is 3.68.